The molecular weight excluding hydrogens is 369 g/mol. The summed E-state index contributed by atoms with van der Waals surface area (Å²) in [5.74, 6) is -0.923. The summed E-state index contributed by atoms with van der Waals surface area (Å²) in [5.41, 5.74) is 1.69. The Morgan fingerprint density at radius 1 is 0.897 bits per heavy atom. The van der Waals surface area contributed by atoms with E-state index in [-0.39, 0.29) is 23.4 Å². The monoisotopic (exact) mass is 391 g/mol. The normalized spacial score (nSPS) is 14.6. The molecule has 29 heavy (non-hydrogen) atoms. The van der Waals surface area contributed by atoms with Gasteiger partial charge in [-0.3, -0.25) is 9.59 Å². The molecule has 1 N–H and O–H groups in total. The largest absolute Gasteiger partial charge is 0.349 e. The van der Waals surface area contributed by atoms with Crippen molar-refractivity contribution >= 4 is 11.8 Å². The molecule has 1 aliphatic rings. The maximum absolute atomic E-state index is 13.8. The van der Waals surface area contributed by atoms with Crippen LogP contribution in [0.2, 0.25) is 0 Å². The quantitative estimate of drug-likeness (QED) is 0.738. The number of halogens is 1. The molecule has 148 valence electrons. The molecule has 3 aromatic rings. The minimum absolute atomic E-state index is 0.00343. The van der Waals surface area contributed by atoms with Gasteiger partial charge in [-0.25, -0.2) is 4.39 Å². The maximum Gasteiger partial charge on any atom is 0.256 e. The van der Waals surface area contributed by atoms with E-state index in [0.717, 1.165) is 5.69 Å². The van der Waals surface area contributed by atoms with Crippen LogP contribution < -0.4 is 5.32 Å². The smallest absolute Gasteiger partial charge is 0.256 e. The molecule has 0 atom stereocenters. The molecule has 0 unspecified atom stereocenters. The lowest BCUT2D eigenvalue weighted by molar-refractivity contribution is 0.0693. The number of hydrogen-bond donors (Lipinski definition) is 1. The molecule has 4 rings (SSSR count). The Hall–Kier alpha value is -3.41. The first-order valence-corrected chi connectivity index (χ1v) is 9.70. The topological polar surface area (TPSA) is 54.3 Å². The minimum Gasteiger partial charge on any atom is -0.349 e. The lowest BCUT2D eigenvalue weighted by Crippen LogP contribution is -2.46. The second-order valence-electron chi connectivity index (χ2n) is 7.16. The standard InChI is InChI=1S/C23H22FN3O2/c24-21-6-2-1-5-20(21)23(29)27-15-11-18(12-16-27)25-22(28)17-7-9-19(10-8-17)26-13-3-4-14-26/h1-10,13-14,18H,11-12,15-16H2,(H,25,28). The first-order valence-electron chi connectivity index (χ1n) is 9.70. The van der Waals surface area contributed by atoms with Crippen LogP contribution in [0.15, 0.2) is 73.1 Å². The molecule has 0 bridgehead atoms. The molecule has 5 nitrogen and oxygen atoms in total. The summed E-state index contributed by atoms with van der Waals surface area (Å²) in [7, 11) is 0. The highest BCUT2D eigenvalue weighted by atomic mass is 19.1. The lowest BCUT2D eigenvalue weighted by atomic mass is 10.0. The Balaban J connectivity index is 1.32. The van der Waals surface area contributed by atoms with Crippen molar-refractivity contribution in [1.82, 2.24) is 14.8 Å². The van der Waals surface area contributed by atoms with E-state index in [0.29, 0.717) is 31.5 Å². The van der Waals surface area contributed by atoms with Gasteiger partial charge in [0.05, 0.1) is 5.56 Å². The fraction of sp³-hybridized carbons (Fsp3) is 0.217. The van der Waals surface area contributed by atoms with E-state index >= 15 is 0 Å². The number of hydrogen-bond acceptors (Lipinski definition) is 2. The molecular formula is C23H22FN3O2. The third-order valence-corrected chi connectivity index (χ3v) is 5.25. The molecule has 0 spiro atoms. The molecule has 0 aliphatic carbocycles. The number of amides is 2. The highest BCUT2D eigenvalue weighted by Gasteiger charge is 2.26. The van der Waals surface area contributed by atoms with Gasteiger partial charge in [0.2, 0.25) is 0 Å². The highest BCUT2D eigenvalue weighted by Crippen LogP contribution is 2.17. The first kappa shape index (κ1) is 18.9. The summed E-state index contributed by atoms with van der Waals surface area (Å²) in [4.78, 5) is 26.7. The Bertz CT molecular complexity index is 991. The van der Waals surface area contributed by atoms with E-state index in [4.69, 9.17) is 0 Å². The number of likely N-dealkylation sites (tertiary alicyclic amines) is 1. The summed E-state index contributed by atoms with van der Waals surface area (Å²) in [5, 5.41) is 3.04. The predicted molar refractivity (Wildman–Crippen MR) is 109 cm³/mol. The number of rotatable bonds is 4. The van der Waals surface area contributed by atoms with E-state index in [9.17, 15) is 14.0 Å². The third kappa shape index (κ3) is 4.21. The number of carbonyl (C=O) groups is 2. The summed E-state index contributed by atoms with van der Waals surface area (Å²) in [6.45, 7) is 0.982. The fourth-order valence-electron chi connectivity index (χ4n) is 3.59. The van der Waals surface area contributed by atoms with Crippen LogP contribution in [-0.4, -0.2) is 40.4 Å². The van der Waals surface area contributed by atoms with Gasteiger partial charge >= 0.3 is 0 Å². The number of aromatic nitrogens is 1. The summed E-state index contributed by atoms with van der Waals surface area (Å²) >= 11 is 0. The molecule has 1 aromatic heterocycles. The molecule has 1 saturated heterocycles. The van der Waals surface area contributed by atoms with Gasteiger partial charge < -0.3 is 14.8 Å². The Labute approximate surface area is 168 Å². The van der Waals surface area contributed by atoms with Crippen LogP contribution in [0, 0.1) is 5.82 Å². The van der Waals surface area contributed by atoms with Crippen LogP contribution in [-0.2, 0) is 0 Å². The minimum atomic E-state index is -0.503. The van der Waals surface area contributed by atoms with Gasteiger partial charge in [-0.1, -0.05) is 12.1 Å². The SMILES string of the molecule is O=C(NC1CCN(C(=O)c2ccccc2F)CC1)c1ccc(-n2cccc2)cc1. The number of nitrogens with one attached hydrogen (secondary N) is 1. The number of piperidine rings is 1. The van der Waals surface area contributed by atoms with Gasteiger partial charge in [-0.15, -0.1) is 0 Å². The zero-order valence-corrected chi connectivity index (χ0v) is 15.9. The summed E-state index contributed by atoms with van der Waals surface area (Å²) in [6.07, 6.45) is 5.19. The van der Waals surface area contributed by atoms with E-state index in [2.05, 4.69) is 5.32 Å². The van der Waals surface area contributed by atoms with Gasteiger partial charge in [0, 0.05) is 42.8 Å². The van der Waals surface area contributed by atoms with Crippen LogP contribution in [0.25, 0.3) is 5.69 Å². The molecule has 1 aliphatic heterocycles. The molecule has 0 saturated carbocycles. The van der Waals surface area contributed by atoms with Crippen molar-refractivity contribution in [1.29, 1.82) is 0 Å². The number of nitrogens with zero attached hydrogens (tertiary/aromatic N) is 2. The predicted octanol–water partition coefficient (Wildman–Crippen LogP) is 3.65. The summed E-state index contributed by atoms with van der Waals surface area (Å²) < 4.78 is 15.8. The lowest BCUT2D eigenvalue weighted by Gasteiger charge is -2.32. The zero-order valence-electron chi connectivity index (χ0n) is 15.9. The molecule has 2 aromatic carbocycles. The van der Waals surface area contributed by atoms with Crippen molar-refractivity contribution in [2.75, 3.05) is 13.1 Å². The average molecular weight is 391 g/mol. The van der Waals surface area contributed by atoms with Crippen molar-refractivity contribution in [3.05, 3.63) is 90.0 Å². The molecule has 0 radical (unpaired) electrons. The van der Waals surface area contributed by atoms with E-state index in [1.165, 1.54) is 12.1 Å². The average Bonchev–Trinajstić information content (AvgIpc) is 3.29. The van der Waals surface area contributed by atoms with Crippen molar-refractivity contribution in [3.8, 4) is 5.69 Å². The Morgan fingerprint density at radius 3 is 2.21 bits per heavy atom. The van der Waals surface area contributed by atoms with Gasteiger partial charge in [0.1, 0.15) is 5.82 Å². The van der Waals surface area contributed by atoms with Crippen LogP contribution >= 0.6 is 0 Å². The van der Waals surface area contributed by atoms with Gasteiger partial charge in [0.15, 0.2) is 0 Å². The van der Waals surface area contributed by atoms with Crippen LogP contribution in [0.4, 0.5) is 4.39 Å². The van der Waals surface area contributed by atoms with E-state index < -0.39 is 5.82 Å². The fourth-order valence-corrected chi connectivity index (χ4v) is 3.59. The highest BCUT2D eigenvalue weighted by molar-refractivity contribution is 5.95. The molecule has 1 fully saturated rings. The van der Waals surface area contributed by atoms with E-state index in [1.807, 2.05) is 53.4 Å². The molecule has 2 heterocycles. The van der Waals surface area contributed by atoms with Crippen molar-refractivity contribution < 1.29 is 14.0 Å². The second-order valence-corrected chi connectivity index (χ2v) is 7.16. The first-order chi connectivity index (χ1) is 14.1. The van der Waals surface area contributed by atoms with Crippen molar-refractivity contribution in [2.24, 2.45) is 0 Å². The Kier molecular flexibility index (Phi) is 5.42. The molecule has 6 heteroatoms. The summed E-state index contributed by atoms with van der Waals surface area (Å²) in [6, 6.07) is 17.3. The molecule has 2 amide bonds. The van der Waals surface area contributed by atoms with Crippen LogP contribution in [0.5, 0.6) is 0 Å². The maximum atomic E-state index is 13.8. The van der Waals surface area contributed by atoms with Gasteiger partial charge in [-0.2, -0.15) is 0 Å². The Morgan fingerprint density at radius 2 is 1.55 bits per heavy atom. The van der Waals surface area contributed by atoms with Gasteiger partial charge in [-0.05, 0) is 61.4 Å². The van der Waals surface area contributed by atoms with Crippen molar-refractivity contribution in [2.45, 2.75) is 18.9 Å². The van der Waals surface area contributed by atoms with Crippen molar-refractivity contribution in [3.63, 3.8) is 0 Å². The van der Waals surface area contributed by atoms with E-state index in [1.54, 1.807) is 17.0 Å². The number of benzene rings is 2. The second kappa shape index (κ2) is 8.31. The van der Waals surface area contributed by atoms with Crippen LogP contribution in [0.1, 0.15) is 33.6 Å². The third-order valence-electron chi connectivity index (χ3n) is 5.25. The zero-order chi connectivity index (χ0) is 20.2. The van der Waals surface area contributed by atoms with Crippen LogP contribution in [0.3, 0.4) is 0 Å². The number of carbonyl (C=O) groups excluding carboxylic acids is 2. The van der Waals surface area contributed by atoms with Gasteiger partial charge in [0.25, 0.3) is 11.8 Å².